The van der Waals surface area contributed by atoms with Crippen molar-refractivity contribution in [2.75, 3.05) is 0 Å². The maximum absolute atomic E-state index is 13.8. The van der Waals surface area contributed by atoms with Gasteiger partial charge in [0.15, 0.2) is 0 Å². The first-order valence-electron chi connectivity index (χ1n) is 11.1. The number of nitrogens with zero attached hydrogens (tertiary/aromatic N) is 3. The quantitative estimate of drug-likeness (QED) is 0.277. The minimum absolute atomic E-state index is 0.0380. The predicted octanol–water partition coefficient (Wildman–Crippen LogP) is 7.13. The molecule has 4 rings (SSSR count). The summed E-state index contributed by atoms with van der Waals surface area (Å²) in [6, 6.07) is 17.8. The highest BCUT2D eigenvalue weighted by atomic mass is 32.1. The van der Waals surface area contributed by atoms with E-state index in [1.165, 1.54) is 22.0 Å². The summed E-state index contributed by atoms with van der Waals surface area (Å²) in [7, 11) is 0. The van der Waals surface area contributed by atoms with Crippen LogP contribution in [0, 0.1) is 18.3 Å². The van der Waals surface area contributed by atoms with Gasteiger partial charge in [-0.2, -0.15) is 18.4 Å². The van der Waals surface area contributed by atoms with Gasteiger partial charge < -0.3 is 9.30 Å². The van der Waals surface area contributed by atoms with Crippen LogP contribution in [0.3, 0.4) is 0 Å². The van der Waals surface area contributed by atoms with E-state index in [0.717, 1.165) is 16.0 Å². The molecule has 184 valence electrons. The number of rotatable bonds is 6. The molecule has 2 aromatic heterocycles. The van der Waals surface area contributed by atoms with Crippen LogP contribution >= 0.6 is 11.3 Å². The Morgan fingerprint density at radius 2 is 1.72 bits per heavy atom. The van der Waals surface area contributed by atoms with Gasteiger partial charge in [0.1, 0.15) is 23.1 Å². The lowest BCUT2D eigenvalue weighted by Gasteiger charge is -2.17. The average Bonchev–Trinajstić information content (AvgIpc) is 3.21. The number of ether oxygens (including phenoxy) is 1. The molecule has 9 heteroatoms. The first-order valence-corrected chi connectivity index (χ1v) is 11.9. The summed E-state index contributed by atoms with van der Waals surface area (Å²) in [5, 5.41) is 10.3. The molecule has 0 radical (unpaired) electrons. The van der Waals surface area contributed by atoms with Gasteiger partial charge in [-0.15, -0.1) is 11.3 Å². The molecule has 2 aromatic carbocycles. The van der Waals surface area contributed by atoms with Crippen molar-refractivity contribution in [2.24, 2.45) is 0 Å². The van der Waals surface area contributed by atoms with Crippen molar-refractivity contribution in [1.82, 2.24) is 9.55 Å². The van der Waals surface area contributed by atoms with E-state index in [-0.39, 0.29) is 18.2 Å². The third-order valence-corrected chi connectivity index (χ3v) is 6.87. The summed E-state index contributed by atoms with van der Waals surface area (Å²) in [4.78, 5) is 18.7. The van der Waals surface area contributed by atoms with E-state index in [2.05, 4.69) is 4.98 Å². The van der Waals surface area contributed by atoms with Crippen molar-refractivity contribution >= 4 is 11.3 Å². The van der Waals surface area contributed by atoms with Crippen LogP contribution in [0.5, 0.6) is 11.5 Å². The van der Waals surface area contributed by atoms with Gasteiger partial charge in [-0.25, -0.2) is 4.98 Å². The molecule has 0 amide bonds. The fourth-order valence-corrected chi connectivity index (χ4v) is 4.62. The van der Waals surface area contributed by atoms with Crippen molar-refractivity contribution in [3.05, 3.63) is 97.7 Å². The van der Waals surface area contributed by atoms with Crippen LogP contribution in [0.25, 0.3) is 11.3 Å². The van der Waals surface area contributed by atoms with Crippen LogP contribution in [-0.2, 0) is 12.7 Å². The molecule has 0 saturated heterocycles. The number of aromatic nitrogens is 2. The number of benzene rings is 2. The highest BCUT2D eigenvalue weighted by Crippen LogP contribution is 2.35. The SMILES string of the molecule is Cc1sc(C(C)C)nc1Cn1c(-c2ccc(Oc3ccccc3)cc2)cc(C(F)(F)F)c(C#N)c1=O. The fraction of sp³-hybridized carbons (Fsp3) is 0.222. The zero-order valence-electron chi connectivity index (χ0n) is 19.8. The Bertz CT molecular complexity index is 1480. The molecule has 0 fully saturated rings. The largest absolute Gasteiger partial charge is 0.457 e. The predicted molar refractivity (Wildman–Crippen MR) is 132 cm³/mol. The maximum Gasteiger partial charge on any atom is 0.417 e. The lowest BCUT2D eigenvalue weighted by atomic mass is 10.0. The molecule has 0 unspecified atom stereocenters. The monoisotopic (exact) mass is 509 g/mol. The Morgan fingerprint density at radius 1 is 1.08 bits per heavy atom. The van der Waals surface area contributed by atoms with Crippen molar-refractivity contribution < 1.29 is 17.9 Å². The van der Waals surface area contributed by atoms with Crippen molar-refractivity contribution in [2.45, 2.75) is 39.4 Å². The molecule has 5 nitrogen and oxygen atoms in total. The van der Waals surface area contributed by atoms with Crippen LogP contribution in [-0.4, -0.2) is 9.55 Å². The molecule has 0 aliphatic carbocycles. The smallest absolute Gasteiger partial charge is 0.417 e. The molecule has 2 heterocycles. The molecule has 0 aliphatic rings. The first-order chi connectivity index (χ1) is 17.1. The van der Waals surface area contributed by atoms with Crippen molar-refractivity contribution in [3.8, 4) is 28.8 Å². The number of para-hydroxylation sites is 1. The number of halogens is 3. The number of hydrogen-bond acceptors (Lipinski definition) is 5. The van der Waals surface area contributed by atoms with E-state index < -0.39 is 22.9 Å². The van der Waals surface area contributed by atoms with Gasteiger partial charge in [0.05, 0.1) is 28.5 Å². The summed E-state index contributed by atoms with van der Waals surface area (Å²) in [5.74, 6) is 1.26. The van der Waals surface area contributed by atoms with Crippen molar-refractivity contribution in [3.63, 3.8) is 0 Å². The molecule has 0 aliphatic heterocycles. The number of hydrogen-bond donors (Lipinski definition) is 0. The molecule has 4 aromatic rings. The molecule has 0 saturated carbocycles. The summed E-state index contributed by atoms with van der Waals surface area (Å²) in [6.07, 6.45) is -4.87. The standard InChI is InChI=1S/C27H22F3N3O2S/c1-16(2)25-32-23(17(3)36-25)15-33-24(13-22(27(28,29)30)21(14-31)26(33)34)18-9-11-20(12-10-18)35-19-7-5-4-6-8-19/h4-13,16H,15H2,1-3H3. The number of nitriles is 1. The van der Waals surface area contributed by atoms with E-state index in [4.69, 9.17) is 4.74 Å². The summed E-state index contributed by atoms with van der Waals surface area (Å²) in [6.45, 7) is 5.78. The van der Waals surface area contributed by atoms with E-state index in [0.29, 0.717) is 22.8 Å². The highest BCUT2D eigenvalue weighted by Gasteiger charge is 2.36. The van der Waals surface area contributed by atoms with Crippen LogP contribution in [0.15, 0.2) is 65.5 Å². The van der Waals surface area contributed by atoms with Crippen LogP contribution < -0.4 is 10.3 Å². The van der Waals surface area contributed by atoms with Gasteiger partial charge >= 0.3 is 6.18 Å². The first kappa shape index (κ1) is 25.2. The van der Waals surface area contributed by atoms with Gasteiger partial charge in [0.25, 0.3) is 5.56 Å². The Balaban J connectivity index is 1.84. The van der Waals surface area contributed by atoms with Crippen LogP contribution in [0.1, 0.15) is 46.5 Å². The molecule has 0 spiro atoms. The number of thiazole rings is 1. The van der Waals surface area contributed by atoms with Gasteiger partial charge in [0, 0.05) is 10.8 Å². The molecule has 0 atom stereocenters. The fourth-order valence-electron chi connectivity index (χ4n) is 3.69. The number of aryl methyl sites for hydroxylation is 1. The van der Waals surface area contributed by atoms with Crippen LogP contribution in [0.4, 0.5) is 13.2 Å². The minimum Gasteiger partial charge on any atom is -0.457 e. The van der Waals surface area contributed by atoms with Crippen molar-refractivity contribution in [1.29, 1.82) is 5.26 Å². The number of alkyl halides is 3. The summed E-state index contributed by atoms with van der Waals surface area (Å²) in [5.41, 5.74) is -2.21. The van der Waals surface area contributed by atoms with Gasteiger partial charge in [0.2, 0.25) is 0 Å². The van der Waals surface area contributed by atoms with E-state index in [1.54, 1.807) is 36.4 Å². The lowest BCUT2D eigenvalue weighted by Crippen LogP contribution is -2.29. The Hall–Kier alpha value is -3.90. The number of pyridine rings is 1. The van der Waals surface area contributed by atoms with E-state index >= 15 is 0 Å². The molecular formula is C27H22F3N3O2S. The van der Waals surface area contributed by atoms with Crippen LogP contribution in [0.2, 0.25) is 0 Å². The molecule has 36 heavy (non-hydrogen) atoms. The Morgan fingerprint density at radius 3 is 2.28 bits per heavy atom. The zero-order valence-corrected chi connectivity index (χ0v) is 20.6. The topological polar surface area (TPSA) is 67.9 Å². The van der Waals surface area contributed by atoms with Gasteiger partial charge in [-0.3, -0.25) is 4.79 Å². The second-order valence-electron chi connectivity index (χ2n) is 8.47. The Labute approximate surface area is 210 Å². The maximum atomic E-state index is 13.8. The summed E-state index contributed by atoms with van der Waals surface area (Å²) >= 11 is 1.48. The molecule has 0 bridgehead atoms. The third-order valence-electron chi connectivity index (χ3n) is 5.56. The van der Waals surface area contributed by atoms with Gasteiger partial charge in [-0.05, 0) is 55.0 Å². The minimum atomic E-state index is -4.87. The zero-order chi connectivity index (χ0) is 26.0. The Kier molecular flexibility index (Phi) is 7.00. The average molecular weight is 510 g/mol. The third kappa shape index (κ3) is 5.19. The normalized spacial score (nSPS) is 11.5. The lowest BCUT2D eigenvalue weighted by molar-refractivity contribution is -0.137. The highest BCUT2D eigenvalue weighted by molar-refractivity contribution is 7.11. The van der Waals surface area contributed by atoms with Gasteiger partial charge in [-0.1, -0.05) is 32.0 Å². The summed E-state index contributed by atoms with van der Waals surface area (Å²) < 4.78 is 48.4. The second kappa shape index (κ2) is 9.99. The van der Waals surface area contributed by atoms with E-state index in [9.17, 15) is 23.2 Å². The molecular weight excluding hydrogens is 487 g/mol. The second-order valence-corrected chi connectivity index (χ2v) is 9.70. The molecule has 0 N–H and O–H groups in total. The van der Waals surface area contributed by atoms with E-state index in [1.807, 2.05) is 39.0 Å².